The number of carbonyl (C=O) groups is 3. The number of aromatic hydroxyl groups is 3. The van der Waals surface area contributed by atoms with Crippen molar-refractivity contribution in [3.63, 3.8) is 0 Å². The van der Waals surface area contributed by atoms with Crippen LogP contribution in [-0.2, 0) is 4.74 Å². The summed E-state index contributed by atoms with van der Waals surface area (Å²) < 4.78 is 25.4. The minimum absolute atomic E-state index is 0. The molecule has 44 heavy (non-hydrogen) atoms. The van der Waals surface area contributed by atoms with Gasteiger partial charge in [-0.25, -0.2) is 9.18 Å². The van der Waals surface area contributed by atoms with E-state index < -0.39 is 46.9 Å². The topological polar surface area (TPSA) is 154 Å². The van der Waals surface area contributed by atoms with Gasteiger partial charge in [-0.05, 0) is 67.2 Å². The van der Waals surface area contributed by atoms with E-state index in [2.05, 4.69) is 10.6 Å². The number of ether oxygens (including phenoxy) is 2. The van der Waals surface area contributed by atoms with E-state index in [0.717, 1.165) is 6.07 Å². The van der Waals surface area contributed by atoms with Crippen LogP contribution in [0.1, 0.15) is 49.5 Å². The molecular formula is C32H30ClFN2O8. The van der Waals surface area contributed by atoms with Crippen molar-refractivity contribution in [3.05, 3.63) is 94.8 Å². The third-order valence-corrected chi connectivity index (χ3v) is 7.36. The predicted molar refractivity (Wildman–Crippen MR) is 162 cm³/mol. The van der Waals surface area contributed by atoms with Crippen molar-refractivity contribution in [2.45, 2.75) is 25.0 Å². The number of nitrogens with one attached hydrogen (secondary N) is 2. The smallest absolute Gasteiger partial charge is 0.338 e. The van der Waals surface area contributed by atoms with E-state index in [0.29, 0.717) is 36.7 Å². The second kappa shape index (κ2) is 13.6. The number of phenolic OH excluding ortho intramolecular Hbond substituents is 3. The van der Waals surface area contributed by atoms with Crippen molar-refractivity contribution < 1.29 is 43.6 Å². The van der Waals surface area contributed by atoms with Gasteiger partial charge >= 0.3 is 5.97 Å². The highest BCUT2D eigenvalue weighted by Gasteiger charge is 2.30. The molecule has 1 heterocycles. The summed E-state index contributed by atoms with van der Waals surface area (Å²) in [6.07, 6.45) is 0.419. The second-order valence-electron chi connectivity index (χ2n) is 10.1. The Balaban J connectivity index is 0.00000442. The Bertz CT molecular complexity index is 1710. The minimum atomic E-state index is -0.999. The van der Waals surface area contributed by atoms with E-state index in [9.17, 15) is 34.1 Å². The molecule has 0 bridgehead atoms. The lowest BCUT2D eigenvalue weighted by Gasteiger charge is -2.26. The second-order valence-corrected chi connectivity index (χ2v) is 10.1. The molecule has 12 heteroatoms. The van der Waals surface area contributed by atoms with Crippen LogP contribution in [0.25, 0.3) is 10.8 Å². The van der Waals surface area contributed by atoms with Gasteiger partial charge < -0.3 is 35.4 Å². The molecule has 0 spiro atoms. The number of hydrogen-bond donors (Lipinski definition) is 5. The maximum absolute atomic E-state index is 14.7. The first kappa shape index (κ1) is 32.1. The molecule has 0 aromatic heterocycles. The van der Waals surface area contributed by atoms with E-state index in [1.54, 1.807) is 12.1 Å². The van der Waals surface area contributed by atoms with Gasteiger partial charge in [-0.2, -0.15) is 0 Å². The summed E-state index contributed by atoms with van der Waals surface area (Å²) in [5.74, 6) is -4.13. The van der Waals surface area contributed by atoms with Crippen LogP contribution in [0, 0.1) is 5.82 Å². The quantitative estimate of drug-likeness (QED) is 0.148. The van der Waals surface area contributed by atoms with Crippen molar-refractivity contribution in [3.8, 4) is 23.0 Å². The number of methoxy groups -OCH3 is 1. The number of hydrogen-bond acceptors (Lipinski definition) is 9. The minimum Gasteiger partial charge on any atom is -0.507 e. The van der Waals surface area contributed by atoms with Gasteiger partial charge in [0.15, 0.2) is 17.3 Å². The van der Waals surface area contributed by atoms with Crippen LogP contribution in [0.5, 0.6) is 23.0 Å². The van der Waals surface area contributed by atoms with E-state index >= 15 is 0 Å². The average Bonchev–Trinajstić information content (AvgIpc) is 3.22. The molecule has 2 atom stereocenters. The van der Waals surface area contributed by atoms with Crippen molar-refractivity contribution in [1.82, 2.24) is 10.6 Å². The zero-order valence-electron chi connectivity index (χ0n) is 23.5. The summed E-state index contributed by atoms with van der Waals surface area (Å²) in [5.41, 5.74) is -0.382. The third-order valence-electron chi connectivity index (χ3n) is 7.36. The molecule has 1 amide bonds. The molecule has 0 unspecified atom stereocenters. The van der Waals surface area contributed by atoms with Gasteiger partial charge in [-0.15, -0.1) is 12.4 Å². The monoisotopic (exact) mass is 624 g/mol. The molecular weight excluding hydrogens is 595 g/mol. The lowest BCUT2D eigenvalue weighted by Crippen LogP contribution is -2.49. The molecule has 10 nitrogen and oxygen atoms in total. The number of fused-ring (bicyclic) bond motifs is 1. The van der Waals surface area contributed by atoms with Crippen LogP contribution in [-0.4, -0.2) is 65.3 Å². The predicted octanol–water partition coefficient (Wildman–Crippen LogP) is 4.46. The molecule has 1 aliphatic heterocycles. The van der Waals surface area contributed by atoms with E-state index in [-0.39, 0.29) is 46.3 Å². The Hall–Kier alpha value is -4.87. The van der Waals surface area contributed by atoms with Crippen LogP contribution in [0.15, 0.2) is 66.7 Å². The number of esters is 1. The third kappa shape index (κ3) is 6.53. The molecule has 5 rings (SSSR count). The molecule has 230 valence electrons. The molecule has 1 saturated heterocycles. The Kier molecular flexibility index (Phi) is 9.92. The number of phenols is 3. The van der Waals surface area contributed by atoms with Gasteiger partial charge in [0.25, 0.3) is 5.91 Å². The molecule has 1 fully saturated rings. The molecule has 1 aliphatic rings. The molecule has 4 aromatic rings. The zero-order valence-corrected chi connectivity index (χ0v) is 24.3. The van der Waals surface area contributed by atoms with Crippen LogP contribution >= 0.6 is 12.4 Å². The molecule has 4 aromatic carbocycles. The standard InChI is InChI=1S/C32H29FN2O8.ClH/c1-42-27-12-11-24(37)28(29(27)33)30(39)17-7-9-18(10-8-17)32(41)43-26-6-3-13-34-16-22(26)35-31(40)21-14-19-4-2-5-23(36)20(19)15-25(21)38;/h2,4-5,7-12,14-15,22,26,34,36-38H,3,6,13,16H2,1H3,(H,35,40);1H/t22-,26-;/m1./s1. The molecule has 0 aliphatic carbocycles. The molecule has 5 N–H and O–H groups in total. The first-order valence-electron chi connectivity index (χ1n) is 13.6. The van der Waals surface area contributed by atoms with Crippen LogP contribution in [0.2, 0.25) is 0 Å². The fourth-order valence-electron chi connectivity index (χ4n) is 5.06. The summed E-state index contributed by atoms with van der Waals surface area (Å²) in [6, 6.07) is 14.7. The summed E-state index contributed by atoms with van der Waals surface area (Å²) >= 11 is 0. The Morgan fingerprint density at radius 1 is 0.932 bits per heavy atom. The first-order valence-corrected chi connectivity index (χ1v) is 13.6. The van der Waals surface area contributed by atoms with Gasteiger partial charge in [-0.1, -0.05) is 24.3 Å². The van der Waals surface area contributed by atoms with E-state index in [1.165, 1.54) is 55.6 Å². The number of rotatable bonds is 7. The number of benzene rings is 4. The summed E-state index contributed by atoms with van der Waals surface area (Å²) in [7, 11) is 1.24. The van der Waals surface area contributed by atoms with Gasteiger partial charge in [0, 0.05) is 17.5 Å². The maximum Gasteiger partial charge on any atom is 0.338 e. The normalized spacial score (nSPS) is 16.3. The summed E-state index contributed by atoms with van der Waals surface area (Å²) in [4.78, 5) is 39.2. The zero-order chi connectivity index (χ0) is 30.7. The molecule has 0 radical (unpaired) electrons. The number of halogens is 2. The first-order chi connectivity index (χ1) is 20.7. The van der Waals surface area contributed by atoms with Crippen molar-refractivity contribution >= 4 is 40.8 Å². The van der Waals surface area contributed by atoms with Gasteiger partial charge in [0.1, 0.15) is 28.9 Å². The summed E-state index contributed by atoms with van der Waals surface area (Å²) in [5, 5.41) is 37.6. The maximum atomic E-state index is 14.7. The van der Waals surface area contributed by atoms with Crippen LogP contribution < -0.4 is 15.4 Å². The van der Waals surface area contributed by atoms with Gasteiger partial charge in [0.05, 0.1) is 24.3 Å². The molecule has 0 saturated carbocycles. The van der Waals surface area contributed by atoms with Crippen molar-refractivity contribution in [2.75, 3.05) is 20.2 Å². The largest absolute Gasteiger partial charge is 0.507 e. The Morgan fingerprint density at radius 3 is 2.39 bits per heavy atom. The Morgan fingerprint density at radius 2 is 1.66 bits per heavy atom. The fraction of sp³-hybridized carbons (Fsp3) is 0.219. The lowest BCUT2D eigenvalue weighted by molar-refractivity contribution is 0.0191. The lowest BCUT2D eigenvalue weighted by atomic mass is 10.00. The van der Waals surface area contributed by atoms with Gasteiger partial charge in [0.2, 0.25) is 0 Å². The van der Waals surface area contributed by atoms with Crippen LogP contribution in [0.3, 0.4) is 0 Å². The van der Waals surface area contributed by atoms with E-state index in [4.69, 9.17) is 9.47 Å². The SMILES string of the molecule is COc1ccc(O)c(C(=O)c2ccc(C(=O)O[C@@H]3CCCNC[C@H]3NC(=O)c3cc4cccc(O)c4cc3O)cc2)c1F.Cl. The van der Waals surface area contributed by atoms with Crippen molar-refractivity contribution in [2.24, 2.45) is 0 Å². The number of ketones is 1. The van der Waals surface area contributed by atoms with E-state index in [1.807, 2.05) is 0 Å². The van der Waals surface area contributed by atoms with Crippen molar-refractivity contribution in [1.29, 1.82) is 0 Å². The highest BCUT2D eigenvalue weighted by atomic mass is 35.5. The van der Waals surface area contributed by atoms with Crippen LogP contribution in [0.4, 0.5) is 4.39 Å². The number of amides is 1. The Labute approximate surface area is 257 Å². The van der Waals surface area contributed by atoms with Gasteiger partial charge in [-0.3, -0.25) is 9.59 Å². The highest BCUT2D eigenvalue weighted by Crippen LogP contribution is 2.32. The summed E-state index contributed by atoms with van der Waals surface area (Å²) in [6.45, 7) is 0.952. The highest BCUT2D eigenvalue weighted by molar-refractivity contribution is 6.11. The number of carbonyl (C=O) groups excluding carboxylic acids is 3. The fourth-order valence-corrected chi connectivity index (χ4v) is 5.06. The average molecular weight is 625 g/mol.